The molecule has 0 saturated heterocycles. The minimum absolute atomic E-state index is 0.243. The number of aromatic nitrogens is 1. The van der Waals surface area contributed by atoms with Crippen LogP contribution in [0.3, 0.4) is 0 Å². The van der Waals surface area contributed by atoms with Crippen molar-refractivity contribution in [3.8, 4) is 0 Å². The molecule has 1 aromatic carbocycles. The molecule has 2 nitrogen and oxygen atoms in total. The van der Waals surface area contributed by atoms with Gasteiger partial charge in [0.05, 0.1) is 5.69 Å². The zero-order valence-corrected chi connectivity index (χ0v) is 11.5. The lowest BCUT2D eigenvalue weighted by Gasteiger charge is -2.11. The predicted molar refractivity (Wildman–Crippen MR) is 72.7 cm³/mol. The summed E-state index contributed by atoms with van der Waals surface area (Å²) in [5, 5.41) is 3.58. The van der Waals surface area contributed by atoms with E-state index < -0.39 is 11.6 Å². The van der Waals surface area contributed by atoms with Crippen LogP contribution in [-0.2, 0) is 6.54 Å². The Bertz CT molecular complexity index is 595. The first-order chi connectivity index (χ1) is 8.97. The zero-order chi connectivity index (χ0) is 14.0. The summed E-state index contributed by atoms with van der Waals surface area (Å²) in [4.78, 5) is 3.91. The van der Waals surface area contributed by atoms with E-state index >= 15 is 0 Å². The average molecular weight is 303 g/mol. The van der Waals surface area contributed by atoms with Crippen molar-refractivity contribution in [3.05, 3.63) is 57.3 Å². The van der Waals surface area contributed by atoms with Gasteiger partial charge in [0.15, 0.2) is 16.8 Å². The van der Waals surface area contributed by atoms with E-state index in [0.29, 0.717) is 22.9 Å². The van der Waals surface area contributed by atoms with Gasteiger partial charge in [-0.3, -0.25) is 0 Å². The van der Waals surface area contributed by atoms with Crippen molar-refractivity contribution in [2.75, 3.05) is 5.32 Å². The third kappa shape index (κ3) is 3.33. The number of anilines is 1. The average Bonchev–Trinajstić information content (AvgIpc) is 2.32. The van der Waals surface area contributed by atoms with Gasteiger partial charge in [-0.15, -0.1) is 0 Å². The van der Waals surface area contributed by atoms with Gasteiger partial charge >= 0.3 is 0 Å². The summed E-state index contributed by atoms with van der Waals surface area (Å²) < 4.78 is 25.9. The highest BCUT2D eigenvalue weighted by atomic mass is 35.5. The van der Waals surface area contributed by atoms with Crippen LogP contribution < -0.4 is 5.32 Å². The monoisotopic (exact) mass is 302 g/mol. The molecule has 6 heteroatoms. The summed E-state index contributed by atoms with van der Waals surface area (Å²) in [6.07, 6.45) is 0. The van der Waals surface area contributed by atoms with Gasteiger partial charge in [0, 0.05) is 6.54 Å². The van der Waals surface area contributed by atoms with Crippen molar-refractivity contribution < 1.29 is 8.78 Å². The van der Waals surface area contributed by atoms with Gasteiger partial charge in [0.1, 0.15) is 5.15 Å². The van der Waals surface area contributed by atoms with Crippen LogP contribution in [0.4, 0.5) is 14.5 Å². The number of hydrogen-bond acceptors (Lipinski definition) is 2. The van der Waals surface area contributed by atoms with Crippen LogP contribution in [0.5, 0.6) is 0 Å². The molecule has 1 heterocycles. The summed E-state index contributed by atoms with van der Waals surface area (Å²) in [6, 6.07) is 5.38. The maximum absolute atomic E-state index is 13.1. The van der Waals surface area contributed by atoms with Crippen LogP contribution in [0.1, 0.15) is 11.1 Å². The summed E-state index contributed by atoms with van der Waals surface area (Å²) in [5.74, 6) is -1.75. The Balaban J connectivity index is 2.16. The van der Waals surface area contributed by atoms with Gasteiger partial charge in [-0.2, -0.15) is 0 Å². The maximum atomic E-state index is 13.1. The predicted octanol–water partition coefficient (Wildman–Crippen LogP) is 4.59. The normalized spacial score (nSPS) is 10.6. The number of nitrogens with zero attached hydrogens (tertiary/aromatic N) is 1. The van der Waals surface area contributed by atoms with E-state index in [-0.39, 0.29) is 5.15 Å². The van der Waals surface area contributed by atoms with Crippen LogP contribution in [0, 0.1) is 18.6 Å². The minimum atomic E-state index is -0.878. The third-order valence-corrected chi connectivity index (χ3v) is 3.06. The standard InChI is InChI=1S/C13H10Cl2F2N2/c1-7-4-11(14)19-13(15)12(7)18-6-8-2-3-9(16)10(17)5-8/h2-5,18H,6H2,1H3. The largest absolute Gasteiger partial charge is 0.378 e. The van der Waals surface area contributed by atoms with E-state index in [1.54, 1.807) is 6.07 Å². The number of hydrogen-bond donors (Lipinski definition) is 1. The molecule has 19 heavy (non-hydrogen) atoms. The van der Waals surface area contributed by atoms with Crippen LogP contribution in [0.25, 0.3) is 0 Å². The molecule has 1 N–H and O–H groups in total. The molecule has 1 aromatic heterocycles. The Hall–Kier alpha value is -1.39. The minimum Gasteiger partial charge on any atom is -0.378 e. The fourth-order valence-corrected chi connectivity index (χ4v) is 2.25. The SMILES string of the molecule is Cc1cc(Cl)nc(Cl)c1NCc1ccc(F)c(F)c1. The number of pyridine rings is 1. The molecule has 0 aliphatic rings. The molecule has 0 bridgehead atoms. The molecule has 2 rings (SSSR count). The highest BCUT2D eigenvalue weighted by Gasteiger charge is 2.08. The van der Waals surface area contributed by atoms with Gasteiger partial charge in [0.25, 0.3) is 0 Å². The van der Waals surface area contributed by atoms with Gasteiger partial charge in [-0.05, 0) is 36.2 Å². The molecule has 0 spiro atoms. The maximum Gasteiger partial charge on any atom is 0.159 e. The van der Waals surface area contributed by atoms with Gasteiger partial charge in [0.2, 0.25) is 0 Å². The zero-order valence-electron chi connectivity index (χ0n) is 9.98. The molecule has 0 atom stereocenters. The number of benzene rings is 1. The van der Waals surface area contributed by atoms with Crippen LogP contribution >= 0.6 is 23.2 Å². The fourth-order valence-electron chi connectivity index (χ4n) is 1.65. The van der Waals surface area contributed by atoms with Crippen LogP contribution in [0.15, 0.2) is 24.3 Å². The van der Waals surface area contributed by atoms with E-state index in [4.69, 9.17) is 23.2 Å². The molecule has 0 amide bonds. The van der Waals surface area contributed by atoms with Crippen molar-refractivity contribution >= 4 is 28.9 Å². The second-order valence-corrected chi connectivity index (χ2v) is 4.77. The first kappa shape index (κ1) is 14.0. The Labute approximate surface area is 119 Å². The molecular weight excluding hydrogens is 293 g/mol. The van der Waals surface area contributed by atoms with Crippen molar-refractivity contribution in [2.45, 2.75) is 13.5 Å². The molecule has 0 radical (unpaired) electrons. The van der Waals surface area contributed by atoms with Crippen molar-refractivity contribution in [3.63, 3.8) is 0 Å². The lowest BCUT2D eigenvalue weighted by Crippen LogP contribution is -2.03. The van der Waals surface area contributed by atoms with Gasteiger partial charge < -0.3 is 5.32 Å². The summed E-state index contributed by atoms with van der Waals surface area (Å²) >= 11 is 11.7. The topological polar surface area (TPSA) is 24.9 Å². The molecule has 0 saturated carbocycles. The molecule has 0 aliphatic heterocycles. The van der Waals surface area contributed by atoms with Gasteiger partial charge in [-0.25, -0.2) is 13.8 Å². The summed E-state index contributed by atoms with van der Waals surface area (Å²) in [5.41, 5.74) is 2.05. The Morgan fingerprint density at radius 3 is 2.53 bits per heavy atom. The third-order valence-electron chi connectivity index (χ3n) is 2.59. The summed E-state index contributed by atoms with van der Waals surface area (Å²) in [7, 11) is 0. The number of aryl methyl sites for hydroxylation is 1. The lowest BCUT2D eigenvalue weighted by atomic mass is 10.2. The lowest BCUT2D eigenvalue weighted by molar-refractivity contribution is 0.507. The van der Waals surface area contributed by atoms with Crippen molar-refractivity contribution in [1.82, 2.24) is 4.98 Å². The Morgan fingerprint density at radius 1 is 1.16 bits per heavy atom. The molecule has 0 aliphatic carbocycles. The highest BCUT2D eigenvalue weighted by molar-refractivity contribution is 6.34. The fraction of sp³-hybridized carbons (Fsp3) is 0.154. The molecule has 2 aromatic rings. The van der Waals surface area contributed by atoms with Crippen LogP contribution in [-0.4, -0.2) is 4.98 Å². The van der Waals surface area contributed by atoms with E-state index in [0.717, 1.165) is 17.7 Å². The van der Waals surface area contributed by atoms with E-state index in [1.807, 2.05) is 6.92 Å². The molecule has 100 valence electrons. The Morgan fingerprint density at radius 2 is 1.89 bits per heavy atom. The van der Waals surface area contributed by atoms with Gasteiger partial charge in [-0.1, -0.05) is 29.3 Å². The second-order valence-electron chi connectivity index (χ2n) is 4.03. The number of rotatable bonds is 3. The molecule has 0 unspecified atom stereocenters. The van der Waals surface area contributed by atoms with E-state index in [9.17, 15) is 8.78 Å². The quantitative estimate of drug-likeness (QED) is 0.839. The van der Waals surface area contributed by atoms with E-state index in [2.05, 4.69) is 10.3 Å². The highest BCUT2D eigenvalue weighted by Crippen LogP contribution is 2.26. The number of halogens is 4. The summed E-state index contributed by atoms with van der Waals surface area (Å²) in [6.45, 7) is 2.13. The number of nitrogens with one attached hydrogen (secondary N) is 1. The van der Waals surface area contributed by atoms with E-state index in [1.165, 1.54) is 6.07 Å². The van der Waals surface area contributed by atoms with Crippen molar-refractivity contribution in [2.24, 2.45) is 0 Å². The van der Waals surface area contributed by atoms with Crippen molar-refractivity contribution in [1.29, 1.82) is 0 Å². The molecular formula is C13H10Cl2F2N2. The molecule has 0 fully saturated rings. The first-order valence-electron chi connectivity index (χ1n) is 5.48. The first-order valence-corrected chi connectivity index (χ1v) is 6.23. The smallest absolute Gasteiger partial charge is 0.159 e. The van der Waals surface area contributed by atoms with Crippen LogP contribution in [0.2, 0.25) is 10.3 Å². The Kier molecular flexibility index (Phi) is 4.22. The second kappa shape index (κ2) is 5.72.